The number of ether oxygens (including phenoxy) is 1. The van der Waals surface area contributed by atoms with E-state index in [-0.39, 0.29) is 17.8 Å². The number of carbonyl (C=O) groups excluding carboxylic acids is 1. The third-order valence-corrected chi connectivity index (χ3v) is 4.82. The number of hydrogen-bond donors (Lipinski definition) is 2. The molecule has 2 N–H and O–H groups in total. The molecule has 1 aliphatic heterocycles. The van der Waals surface area contributed by atoms with Gasteiger partial charge in [-0.3, -0.25) is 4.79 Å². The van der Waals surface area contributed by atoms with Gasteiger partial charge in [-0.25, -0.2) is 9.37 Å². The number of nitrogens with zero attached hydrogens (tertiary/aromatic N) is 2. The van der Waals surface area contributed by atoms with Crippen molar-refractivity contribution in [2.24, 2.45) is 7.05 Å². The Labute approximate surface area is 156 Å². The standard InChI is InChI=1S/C20H21FN4O2/c1-12-9-13(19-23-16-10-14(21)4-6-18(16)25(19)2)3-5-15(12)24-20(26)17-11-27-8-7-22-17/h3-6,9-10,17,22H,7-8,11H2,1-2H3,(H,24,26). The van der Waals surface area contributed by atoms with Crippen molar-refractivity contribution in [1.29, 1.82) is 0 Å². The van der Waals surface area contributed by atoms with Crippen molar-refractivity contribution < 1.29 is 13.9 Å². The summed E-state index contributed by atoms with van der Waals surface area (Å²) in [6.07, 6.45) is 0. The molecule has 1 atom stereocenters. The Balaban J connectivity index is 1.60. The van der Waals surface area contributed by atoms with Gasteiger partial charge in [-0.15, -0.1) is 0 Å². The van der Waals surface area contributed by atoms with Crippen molar-refractivity contribution in [3.63, 3.8) is 0 Å². The first-order valence-corrected chi connectivity index (χ1v) is 8.88. The summed E-state index contributed by atoms with van der Waals surface area (Å²) in [5, 5.41) is 6.09. The lowest BCUT2D eigenvalue weighted by Gasteiger charge is -2.23. The molecule has 0 aliphatic carbocycles. The lowest BCUT2D eigenvalue weighted by Crippen LogP contribution is -2.48. The van der Waals surface area contributed by atoms with Crippen LogP contribution in [-0.2, 0) is 16.6 Å². The second-order valence-corrected chi connectivity index (χ2v) is 6.73. The highest BCUT2D eigenvalue weighted by atomic mass is 19.1. The summed E-state index contributed by atoms with van der Waals surface area (Å²) >= 11 is 0. The lowest BCUT2D eigenvalue weighted by atomic mass is 10.1. The van der Waals surface area contributed by atoms with E-state index in [1.165, 1.54) is 12.1 Å². The molecule has 1 aliphatic rings. The molecule has 140 valence electrons. The van der Waals surface area contributed by atoms with Gasteiger partial charge in [-0.2, -0.15) is 0 Å². The first kappa shape index (κ1) is 17.6. The molecule has 2 aromatic carbocycles. The molecule has 27 heavy (non-hydrogen) atoms. The minimum Gasteiger partial charge on any atom is -0.378 e. The van der Waals surface area contributed by atoms with Gasteiger partial charge in [-0.05, 0) is 42.8 Å². The van der Waals surface area contributed by atoms with Gasteiger partial charge < -0.3 is 19.9 Å². The fourth-order valence-electron chi connectivity index (χ4n) is 3.33. The number of nitrogens with one attached hydrogen (secondary N) is 2. The van der Waals surface area contributed by atoms with Crippen molar-refractivity contribution >= 4 is 22.6 Å². The van der Waals surface area contributed by atoms with Crippen molar-refractivity contribution in [1.82, 2.24) is 14.9 Å². The maximum atomic E-state index is 13.5. The van der Waals surface area contributed by atoms with Crippen molar-refractivity contribution in [3.05, 3.63) is 47.8 Å². The molecule has 4 rings (SSSR count). The molecular formula is C20H21FN4O2. The number of halogens is 1. The summed E-state index contributed by atoms with van der Waals surface area (Å²) in [5.74, 6) is 0.337. The molecule has 0 spiro atoms. The van der Waals surface area contributed by atoms with Gasteiger partial charge in [0.1, 0.15) is 17.7 Å². The van der Waals surface area contributed by atoms with Crippen molar-refractivity contribution in [2.75, 3.05) is 25.1 Å². The number of fused-ring (bicyclic) bond motifs is 1. The number of imidazole rings is 1. The Morgan fingerprint density at radius 2 is 2.19 bits per heavy atom. The van der Waals surface area contributed by atoms with Gasteiger partial charge in [0.05, 0.1) is 24.2 Å². The van der Waals surface area contributed by atoms with Gasteiger partial charge in [0, 0.05) is 30.9 Å². The average molecular weight is 368 g/mol. The maximum absolute atomic E-state index is 13.5. The number of rotatable bonds is 3. The number of carbonyl (C=O) groups is 1. The van der Waals surface area contributed by atoms with Crippen molar-refractivity contribution in [3.8, 4) is 11.4 Å². The average Bonchev–Trinajstić information content (AvgIpc) is 3.00. The van der Waals surface area contributed by atoms with Gasteiger partial charge in [-0.1, -0.05) is 0 Å². The number of aromatic nitrogens is 2. The molecule has 1 aromatic heterocycles. The quantitative estimate of drug-likeness (QED) is 0.746. The molecule has 1 saturated heterocycles. The number of morpholine rings is 1. The molecule has 1 amide bonds. The summed E-state index contributed by atoms with van der Waals surface area (Å²) in [6, 6.07) is 9.99. The molecule has 1 unspecified atom stereocenters. The van der Waals surface area contributed by atoms with Gasteiger partial charge in [0.15, 0.2) is 0 Å². The van der Waals surface area contributed by atoms with Crippen LogP contribution < -0.4 is 10.6 Å². The topological polar surface area (TPSA) is 68.2 Å². The number of amides is 1. The summed E-state index contributed by atoms with van der Waals surface area (Å²) in [7, 11) is 1.91. The number of anilines is 1. The number of hydrogen-bond acceptors (Lipinski definition) is 4. The molecule has 2 heterocycles. The molecule has 3 aromatic rings. The molecular weight excluding hydrogens is 347 g/mol. The van der Waals surface area contributed by atoms with Crippen LogP contribution in [0, 0.1) is 12.7 Å². The van der Waals surface area contributed by atoms with E-state index in [1.54, 1.807) is 6.07 Å². The minimum absolute atomic E-state index is 0.108. The van der Waals surface area contributed by atoms with Crippen LogP contribution in [0.3, 0.4) is 0 Å². The fraction of sp³-hybridized carbons (Fsp3) is 0.300. The first-order valence-electron chi connectivity index (χ1n) is 8.88. The van der Waals surface area contributed by atoms with Gasteiger partial charge >= 0.3 is 0 Å². The van der Waals surface area contributed by atoms with Crippen LogP contribution in [0.15, 0.2) is 36.4 Å². The third-order valence-electron chi connectivity index (χ3n) is 4.82. The second kappa shape index (κ2) is 7.09. The Hall–Kier alpha value is -2.77. The van der Waals surface area contributed by atoms with E-state index >= 15 is 0 Å². The fourth-order valence-corrected chi connectivity index (χ4v) is 3.33. The van der Waals surface area contributed by atoms with E-state index in [4.69, 9.17) is 4.74 Å². The zero-order valence-electron chi connectivity index (χ0n) is 15.3. The van der Waals surface area contributed by atoms with Crippen LogP contribution in [0.25, 0.3) is 22.4 Å². The summed E-state index contributed by atoms with van der Waals surface area (Å²) < 4.78 is 20.7. The minimum atomic E-state index is -0.340. The predicted octanol–water partition coefficient (Wildman–Crippen LogP) is 2.61. The SMILES string of the molecule is Cc1cc(-c2nc3cc(F)ccc3n2C)ccc1NC(=O)C1COCCN1. The normalized spacial score (nSPS) is 17.2. The Morgan fingerprint density at radius 3 is 2.93 bits per heavy atom. The molecule has 7 heteroatoms. The number of aryl methyl sites for hydroxylation is 2. The zero-order chi connectivity index (χ0) is 19.0. The van der Waals surface area contributed by atoms with E-state index in [2.05, 4.69) is 15.6 Å². The predicted molar refractivity (Wildman–Crippen MR) is 102 cm³/mol. The summed E-state index contributed by atoms with van der Waals surface area (Å²) in [5.41, 5.74) is 4.07. The van der Waals surface area contributed by atoms with Crippen LogP contribution in [-0.4, -0.2) is 41.3 Å². The first-order chi connectivity index (χ1) is 13.0. The number of benzene rings is 2. The van der Waals surface area contributed by atoms with Crippen LogP contribution in [0.2, 0.25) is 0 Å². The van der Waals surface area contributed by atoms with E-state index in [1.807, 2.05) is 36.7 Å². The van der Waals surface area contributed by atoms with E-state index in [0.29, 0.717) is 25.3 Å². The molecule has 1 fully saturated rings. The zero-order valence-corrected chi connectivity index (χ0v) is 15.3. The molecule has 0 saturated carbocycles. The van der Waals surface area contributed by atoms with E-state index < -0.39 is 0 Å². The van der Waals surface area contributed by atoms with Crippen LogP contribution in [0.4, 0.5) is 10.1 Å². The van der Waals surface area contributed by atoms with Crippen LogP contribution in [0.1, 0.15) is 5.56 Å². The largest absolute Gasteiger partial charge is 0.378 e. The van der Waals surface area contributed by atoms with Crippen LogP contribution >= 0.6 is 0 Å². The Bertz CT molecular complexity index is 1010. The smallest absolute Gasteiger partial charge is 0.243 e. The highest BCUT2D eigenvalue weighted by Gasteiger charge is 2.21. The highest BCUT2D eigenvalue weighted by Crippen LogP contribution is 2.27. The third kappa shape index (κ3) is 3.43. The van der Waals surface area contributed by atoms with E-state index in [9.17, 15) is 9.18 Å². The van der Waals surface area contributed by atoms with E-state index in [0.717, 1.165) is 28.2 Å². The monoisotopic (exact) mass is 368 g/mol. The molecule has 0 radical (unpaired) electrons. The molecule has 0 bridgehead atoms. The lowest BCUT2D eigenvalue weighted by molar-refractivity contribution is -0.120. The second-order valence-electron chi connectivity index (χ2n) is 6.73. The summed E-state index contributed by atoms with van der Waals surface area (Å²) in [6.45, 7) is 3.61. The Morgan fingerprint density at radius 1 is 1.33 bits per heavy atom. The maximum Gasteiger partial charge on any atom is 0.243 e. The van der Waals surface area contributed by atoms with Crippen LogP contribution in [0.5, 0.6) is 0 Å². The van der Waals surface area contributed by atoms with Gasteiger partial charge in [0.2, 0.25) is 5.91 Å². The Kier molecular flexibility index (Phi) is 4.63. The summed E-state index contributed by atoms with van der Waals surface area (Å²) in [4.78, 5) is 16.9. The van der Waals surface area contributed by atoms with Gasteiger partial charge in [0.25, 0.3) is 0 Å². The molecule has 6 nitrogen and oxygen atoms in total. The highest BCUT2D eigenvalue weighted by molar-refractivity contribution is 5.96. The van der Waals surface area contributed by atoms with Crippen molar-refractivity contribution in [2.45, 2.75) is 13.0 Å².